The summed E-state index contributed by atoms with van der Waals surface area (Å²) in [5.74, 6) is 0.208. The number of hydrogen-bond donors (Lipinski definition) is 3. The highest BCUT2D eigenvalue weighted by molar-refractivity contribution is 4.87. The molecule has 1 aliphatic carbocycles. The fraction of sp³-hybridized carbons (Fsp3) is 1.00. The highest BCUT2D eigenvalue weighted by Gasteiger charge is 2.29. The predicted molar refractivity (Wildman–Crippen MR) is 40.4 cm³/mol. The minimum absolute atomic E-state index is 0.0822. The highest BCUT2D eigenvalue weighted by atomic mass is 16.3. The van der Waals surface area contributed by atoms with Gasteiger partial charge in [0.2, 0.25) is 0 Å². The molecule has 5 N–H and O–H groups in total. The third kappa shape index (κ3) is 1.48. The summed E-state index contributed by atoms with van der Waals surface area (Å²) in [6.45, 7) is 1.97. The van der Waals surface area contributed by atoms with Crippen LogP contribution in [0.1, 0.15) is 19.8 Å². The zero-order valence-electron chi connectivity index (χ0n) is 6.33. The molecule has 0 aliphatic heterocycles. The average Bonchev–Trinajstić information content (AvgIpc) is 1.82. The number of aliphatic hydroxyl groups is 1. The van der Waals surface area contributed by atoms with Crippen molar-refractivity contribution in [1.29, 1.82) is 0 Å². The van der Waals surface area contributed by atoms with Crippen molar-refractivity contribution in [3.05, 3.63) is 0 Å². The minimum Gasteiger partial charge on any atom is -0.393 e. The maximum absolute atomic E-state index is 9.36. The van der Waals surface area contributed by atoms with Crippen LogP contribution in [0.5, 0.6) is 0 Å². The SMILES string of the molecule is C[C@H]1[C@H](O)C[C@H](N)C[C@@H]1N. The van der Waals surface area contributed by atoms with Gasteiger partial charge in [-0.25, -0.2) is 0 Å². The van der Waals surface area contributed by atoms with Gasteiger partial charge in [-0.2, -0.15) is 0 Å². The Morgan fingerprint density at radius 3 is 2.40 bits per heavy atom. The lowest BCUT2D eigenvalue weighted by Gasteiger charge is -2.33. The lowest BCUT2D eigenvalue weighted by molar-refractivity contribution is 0.0584. The monoisotopic (exact) mass is 144 g/mol. The molecule has 0 unspecified atom stereocenters. The second kappa shape index (κ2) is 2.86. The van der Waals surface area contributed by atoms with E-state index in [2.05, 4.69) is 0 Å². The first-order chi connectivity index (χ1) is 4.61. The minimum atomic E-state index is -0.293. The molecule has 0 bridgehead atoms. The van der Waals surface area contributed by atoms with Crippen molar-refractivity contribution in [2.45, 2.75) is 38.0 Å². The first-order valence-corrected chi connectivity index (χ1v) is 3.80. The maximum atomic E-state index is 9.36. The van der Waals surface area contributed by atoms with Crippen LogP contribution < -0.4 is 11.5 Å². The van der Waals surface area contributed by atoms with Gasteiger partial charge in [0.15, 0.2) is 0 Å². The largest absolute Gasteiger partial charge is 0.393 e. The molecule has 1 rings (SSSR count). The van der Waals surface area contributed by atoms with E-state index in [0.29, 0.717) is 6.42 Å². The summed E-state index contributed by atoms with van der Waals surface area (Å²) in [7, 11) is 0. The van der Waals surface area contributed by atoms with Gasteiger partial charge in [0.05, 0.1) is 6.10 Å². The Labute approximate surface area is 61.4 Å². The molecule has 3 nitrogen and oxygen atoms in total. The van der Waals surface area contributed by atoms with Crippen LogP contribution in [0, 0.1) is 5.92 Å². The molecular weight excluding hydrogens is 128 g/mol. The van der Waals surface area contributed by atoms with Crippen LogP contribution in [0.15, 0.2) is 0 Å². The van der Waals surface area contributed by atoms with Gasteiger partial charge in [-0.05, 0) is 18.8 Å². The van der Waals surface area contributed by atoms with Crippen LogP contribution in [0.3, 0.4) is 0 Å². The van der Waals surface area contributed by atoms with Crippen LogP contribution >= 0.6 is 0 Å². The number of hydrogen-bond acceptors (Lipinski definition) is 3. The predicted octanol–water partition coefficient (Wildman–Crippen LogP) is -0.568. The summed E-state index contributed by atoms with van der Waals surface area (Å²) in [6, 6.07) is 0.181. The zero-order chi connectivity index (χ0) is 7.72. The lowest BCUT2D eigenvalue weighted by atomic mass is 9.81. The molecule has 0 heterocycles. The van der Waals surface area contributed by atoms with Crippen molar-refractivity contribution < 1.29 is 5.11 Å². The first kappa shape index (κ1) is 7.98. The molecule has 0 spiro atoms. The van der Waals surface area contributed by atoms with E-state index in [0.717, 1.165) is 6.42 Å². The van der Waals surface area contributed by atoms with Gasteiger partial charge < -0.3 is 16.6 Å². The molecule has 0 aromatic carbocycles. The van der Waals surface area contributed by atoms with Gasteiger partial charge in [-0.1, -0.05) is 6.92 Å². The van der Waals surface area contributed by atoms with Crippen LogP contribution in [0.2, 0.25) is 0 Å². The second-order valence-electron chi connectivity index (χ2n) is 3.32. The Kier molecular flexibility index (Phi) is 2.28. The van der Waals surface area contributed by atoms with E-state index in [1.807, 2.05) is 6.92 Å². The molecule has 3 heteroatoms. The Morgan fingerprint density at radius 2 is 1.90 bits per heavy atom. The van der Waals surface area contributed by atoms with Crippen molar-refractivity contribution in [3.8, 4) is 0 Å². The molecule has 0 saturated heterocycles. The Bertz CT molecular complexity index is 106. The van der Waals surface area contributed by atoms with Crippen LogP contribution in [-0.4, -0.2) is 23.3 Å². The normalized spacial score (nSPS) is 49.2. The van der Waals surface area contributed by atoms with Gasteiger partial charge in [0.1, 0.15) is 0 Å². The topological polar surface area (TPSA) is 72.3 Å². The quantitative estimate of drug-likeness (QED) is 0.426. The van der Waals surface area contributed by atoms with E-state index in [1.165, 1.54) is 0 Å². The molecule has 1 aliphatic rings. The summed E-state index contributed by atoms with van der Waals surface area (Å²) in [5.41, 5.74) is 11.4. The molecule has 1 fully saturated rings. The van der Waals surface area contributed by atoms with Crippen LogP contribution in [0.4, 0.5) is 0 Å². The second-order valence-corrected chi connectivity index (χ2v) is 3.32. The zero-order valence-corrected chi connectivity index (χ0v) is 6.33. The molecule has 4 atom stereocenters. The van der Waals surface area contributed by atoms with Crippen molar-refractivity contribution >= 4 is 0 Å². The molecule has 10 heavy (non-hydrogen) atoms. The maximum Gasteiger partial charge on any atom is 0.0595 e. The first-order valence-electron chi connectivity index (χ1n) is 3.80. The number of nitrogens with two attached hydrogens (primary N) is 2. The molecule has 0 aromatic heterocycles. The van der Waals surface area contributed by atoms with Crippen LogP contribution in [0.25, 0.3) is 0 Å². The van der Waals surface area contributed by atoms with E-state index in [9.17, 15) is 5.11 Å². The summed E-state index contributed by atoms with van der Waals surface area (Å²) in [5, 5.41) is 9.36. The van der Waals surface area contributed by atoms with Crippen molar-refractivity contribution in [3.63, 3.8) is 0 Å². The molecule has 0 aromatic rings. The smallest absolute Gasteiger partial charge is 0.0595 e. The van der Waals surface area contributed by atoms with Crippen molar-refractivity contribution in [2.24, 2.45) is 17.4 Å². The highest BCUT2D eigenvalue weighted by Crippen LogP contribution is 2.21. The third-order valence-electron chi connectivity index (χ3n) is 2.40. The van der Waals surface area contributed by atoms with E-state index in [-0.39, 0.29) is 24.1 Å². The van der Waals surface area contributed by atoms with Crippen molar-refractivity contribution in [1.82, 2.24) is 0 Å². The molecule has 0 radical (unpaired) electrons. The number of aliphatic hydroxyl groups excluding tert-OH is 1. The van der Waals surface area contributed by atoms with Gasteiger partial charge >= 0.3 is 0 Å². The van der Waals surface area contributed by atoms with Gasteiger partial charge in [0, 0.05) is 12.1 Å². The number of rotatable bonds is 0. The van der Waals surface area contributed by atoms with Gasteiger partial charge in [-0.15, -0.1) is 0 Å². The molecule has 1 saturated carbocycles. The Morgan fingerprint density at radius 1 is 1.30 bits per heavy atom. The molecule has 60 valence electrons. The fourth-order valence-corrected chi connectivity index (χ4v) is 1.47. The van der Waals surface area contributed by atoms with Crippen LogP contribution in [-0.2, 0) is 0 Å². The van der Waals surface area contributed by atoms with E-state index in [1.54, 1.807) is 0 Å². The molecule has 0 amide bonds. The average molecular weight is 144 g/mol. The fourth-order valence-electron chi connectivity index (χ4n) is 1.47. The standard InChI is InChI=1S/C7H16N2O/c1-4-6(9)2-5(8)3-7(4)10/h4-7,10H,2-3,8-9H2,1H3/t4-,5-,6+,7-/m1/s1. The third-order valence-corrected chi connectivity index (χ3v) is 2.40. The summed E-state index contributed by atoms with van der Waals surface area (Å²) in [6.07, 6.45) is 1.26. The van der Waals surface area contributed by atoms with Gasteiger partial charge in [-0.3, -0.25) is 0 Å². The van der Waals surface area contributed by atoms with Crippen molar-refractivity contribution in [2.75, 3.05) is 0 Å². The molecular formula is C7H16N2O. The lowest BCUT2D eigenvalue weighted by Crippen LogP contribution is -2.48. The van der Waals surface area contributed by atoms with E-state index in [4.69, 9.17) is 11.5 Å². The summed E-state index contributed by atoms with van der Waals surface area (Å²) in [4.78, 5) is 0. The van der Waals surface area contributed by atoms with Gasteiger partial charge in [0.25, 0.3) is 0 Å². The van der Waals surface area contributed by atoms with E-state index >= 15 is 0 Å². The summed E-state index contributed by atoms with van der Waals surface area (Å²) < 4.78 is 0. The summed E-state index contributed by atoms with van der Waals surface area (Å²) >= 11 is 0. The Balaban J connectivity index is 2.49. The van der Waals surface area contributed by atoms with E-state index < -0.39 is 0 Å². The Hall–Kier alpha value is -0.120.